The average molecular weight is 435 g/mol. The van der Waals surface area contributed by atoms with Gasteiger partial charge in [-0.25, -0.2) is 9.97 Å². The van der Waals surface area contributed by atoms with Crippen LogP contribution in [0.25, 0.3) is 56.6 Å². The second-order valence-electron chi connectivity index (χ2n) is 7.41. The number of hydrogen-bond donors (Lipinski definition) is 1. The number of methoxy groups -OCH3 is 1. The fraction of sp³-hybridized carbons (Fsp3) is 0.0400. The SMILES string of the molecule is COc1ccc(-c2nc(-c3ccc4nc(-c5ccc(-c6cnco6)cc5)[nH]c4c3)no2)cc1. The highest BCUT2D eigenvalue weighted by Crippen LogP contribution is 2.28. The minimum atomic E-state index is 0.449. The monoisotopic (exact) mass is 435 g/mol. The van der Waals surface area contributed by atoms with E-state index in [1.807, 2.05) is 66.7 Å². The predicted octanol–water partition coefficient (Wildman–Crippen LogP) is 5.61. The van der Waals surface area contributed by atoms with E-state index in [2.05, 4.69) is 20.1 Å². The van der Waals surface area contributed by atoms with Gasteiger partial charge in [0.05, 0.1) is 24.3 Å². The maximum absolute atomic E-state index is 5.47. The first kappa shape index (κ1) is 19.0. The number of hydrogen-bond acceptors (Lipinski definition) is 7. The summed E-state index contributed by atoms with van der Waals surface area (Å²) < 4.78 is 16.0. The third-order valence-corrected chi connectivity index (χ3v) is 5.38. The first-order chi connectivity index (χ1) is 16.3. The van der Waals surface area contributed by atoms with Crippen LogP contribution in [0.1, 0.15) is 0 Å². The van der Waals surface area contributed by atoms with Crippen molar-refractivity contribution in [2.24, 2.45) is 0 Å². The molecule has 3 aromatic heterocycles. The number of H-pyrrole nitrogens is 1. The van der Waals surface area contributed by atoms with Crippen LogP contribution in [0.4, 0.5) is 0 Å². The largest absolute Gasteiger partial charge is 0.497 e. The Bertz CT molecular complexity index is 1530. The standard InChI is InChI=1S/C25H17N5O3/c1-31-19-9-6-17(7-10-19)25-29-24(30-33-25)18-8-11-20-21(12-18)28-23(27-20)16-4-2-15(3-5-16)22-13-26-14-32-22/h2-14H,1H3,(H,27,28). The Balaban J connectivity index is 1.28. The second kappa shape index (κ2) is 7.76. The van der Waals surface area contributed by atoms with E-state index in [1.165, 1.54) is 6.39 Å². The van der Waals surface area contributed by atoms with Crippen LogP contribution in [0.15, 0.2) is 88.3 Å². The number of aromatic nitrogens is 5. The van der Waals surface area contributed by atoms with Gasteiger partial charge in [-0.15, -0.1) is 0 Å². The number of oxazole rings is 1. The number of rotatable bonds is 5. The summed E-state index contributed by atoms with van der Waals surface area (Å²) in [6.07, 6.45) is 3.11. The molecule has 0 saturated heterocycles. The summed E-state index contributed by atoms with van der Waals surface area (Å²) >= 11 is 0. The summed E-state index contributed by atoms with van der Waals surface area (Å²) in [4.78, 5) is 16.6. The number of fused-ring (bicyclic) bond motifs is 1. The van der Waals surface area contributed by atoms with Gasteiger partial charge < -0.3 is 18.7 Å². The molecule has 160 valence electrons. The number of nitrogens with zero attached hydrogens (tertiary/aromatic N) is 4. The molecule has 0 atom stereocenters. The van der Waals surface area contributed by atoms with E-state index >= 15 is 0 Å². The smallest absolute Gasteiger partial charge is 0.258 e. The fourth-order valence-corrected chi connectivity index (χ4v) is 3.63. The summed E-state index contributed by atoms with van der Waals surface area (Å²) in [5, 5.41) is 4.15. The molecule has 0 amide bonds. The molecule has 0 aliphatic rings. The normalized spacial score (nSPS) is 11.2. The molecule has 0 fully saturated rings. The first-order valence-electron chi connectivity index (χ1n) is 10.2. The molecule has 0 saturated carbocycles. The molecule has 8 nitrogen and oxygen atoms in total. The molecular weight excluding hydrogens is 418 g/mol. The van der Waals surface area contributed by atoms with E-state index in [-0.39, 0.29) is 0 Å². The number of nitrogens with one attached hydrogen (secondary N) is 1. The molecule has 1 N–H and O–H groups in total. The van der Waals surface area contributed by atoms with Gasteiger partial charge in [-0.05, 0) is 42.5 Å². The zero-order chi connectivity index (χ0) is 22.2. The van der Waals surface area contributed by atoms with Gasteiger partial charge in [0.1, 0.15) is 11.6 Å². The first-order valence-corrected chi connectivity index (χ1v) is 10.2. The van der Waals surface area contributed by atoms with Gasteiger partial charge >= 0.3 is 0 Å². The Morgan fingerprint density at radius 3 is 2.33 bits per heavy atom. The van der Waals surface area contributed by atoms with Crippen molar-refractivity contribution in [1.29, 1.82) is 0 Å². The van der Waals surface area contributed by atoms with Crippen molar-refractivity contribution < 1.29 is 13.7 Å². The minimum Gasteiger partial charge on any atom is -0.497 e. The zero-order valence-electron chi connectivity index (χ0n) is 17.5. The van der Waals surface area contributed by atoms with Crippen molar-refractivity contribution in [3.8, 4) is 51.3 Å². The highest BCUT2D eigenvalue weighted by Gasteiger charge is 2.13. The average Bonchev–Trinajstić information content (AvgIpc) is 3.64. The molecule has 0 unspecified atom stereocenters. The zero-order valence-corrected chi connectivity index (χ0v) is 17.5. The maximum atomic E-state index is 5.47. The molecular formula is C25H17N5O3. The summed E-state index contributed by atoms with van der Waals surface area (Å²) in [5.74, 6) is 3.23. The maximum Gasteiger partial charge on any atom is 0.258 e. The van der Waals surface area contributed by atoms with Crippen molar-refractivity contribution in [3.05, 3.63) is 79.3 Å². The number of ether oxygens (including phenoxy) is 1. The van der Waals surface area contributed by atoms with Gasteiger partial charge in [0.25, 0.3) is 5.89 Å². The molecule has 0 bridgehead atoms. The Morgan fingerprint density at radius 2 is 1.58 bits per heavy atom. The van der Waals surface area contributed by atoms with Gasteiger partial charge in [-0.3, -0.25) is 0 Å². The van der Waals surface area contributed by atoms with E-state index in [1.54, 1.807) is 13.3 Å². The lowest BCUT2D eigenvalue weighted by atomic mass is 10.1. The van der Waals surface area contributed by atoms with E-state index in [0.29, 0.717) is 11.7 Å². The topological polar surface area (TPSA) is 103 Å². The Labute approximate surface area is 187 Å². The van der Waals surface area contributed by atoms with Crippen LogP contribution in [0.2, 0.25) is 0 Å². The lowest BCUT2D eigenvalue weighted by Crippen LogP contribution is -1.83. The molecule has 0 aliphatic carbocycles. The van der Waals surface area contributed by atoms with Gasteiger partial charge in [0.2, 0.25) is 5.82 Å². The lowest BCUT2D eigenvalue weighted by molar-refractivity contribution is 0.414. The van der Waals surface area contributed by atoms with Crippen molar-refractivity contribution >= 4 is 11.0 Å². The molecule has 0 radical (unpaired) electrons. The summed E-state index contributed by atoms with van der Waals surface area (Å²) in [6.45, 7) is 0. The van der Waals surface area contributed by atoms with Crippen molar-refractivity contribution in [3.63, 3.8) is 0 Å². The van der Waals surface area contributed by atoms with E-state index in [0.717, 1.165) is 50.6 Å². The number of imidazole rings is 1. The van der Waals surface area contributed by atoms with E-state index in [4.69, 9.17) is 18.7 Å². The minimum absolute atomic E-state index is 0.449. The number of aromatic amines is 1. The van der Waals surface area contributed by atoms with Crippen molar-refractivity contribution in [2.45, 2.75) is 0 Å². The van der Waals surface area contributed by atoms with E-state index in [9.17, 15) is 0 Å². The lowest BCUT2D eigenvalue weighted by Gasteiger charge is -1.99. The van der Waals surface area contributed by atoms with Gasteiger partial charge in [-0.2, -0.15) is 4.98 Å². The molecule has 3 aromatic carbocycles. The highest BCUT2D eigenvalue weighted by atomic mass is 16.5. The van der Waals surface area contributed by atoms with Crippen LogP contribution in [0.5, 0.6) is 5.75 Å². The van der Waals surface area contributed by atoms with Crippen molar-refractivity contribution in [2.75, 3.05) is 7.11 Å². The summed E-state index contributed by atoms with van der Waals surface area (Å²) in [5.41, 5.74) is 5.33. The second-order valence-corrected chi connectivity index (χ2v) is 7.41. The molecule has 6 aromatic rings. The van der Waals surface area contributed by atoms with Gasteiger partial charge in [0, 0.05) is 22.3 Å². The Morgan fingerprint density at radius 1 is 0.818 bits per heavy atom. The third kappa shape index (κ3) is 3.53. The molecule has 33 heavy (non-hydrogen) atoms. The van der Waals surface area contributed by atoms with Crippen molar-refractivity contribution in [1.82, 2.24) is 25.1 Å². The van der Waals surface area contributed by atoms with Crippen LogP contribution < -0.4 is 4.74 Å². The third-order valence-electron chi connectivity index (χ3n) is 5.38. The van der Waals surface area contributed by atoms with E-state index < -0.39 is 0 Å². The summed E-state index contributed by atoms with van der Waals surface area (Å²) in [6, 6.07) is 21.3. The number of benzene rings is 3. The quantitative estimate of drug-likeness (QED) is 0.375. The molecule has 0 spiro atoms. The molecule has 3 heterocycles. The van der Waals surface area contributed by atoms with Gasteiger partial charge in [-0.1, -0.05) is 29.4 Å². The summed E-state index contributed by atoms with van der Waals surface area (Å²) in [7, 11) is 1.63. The van der Waals surface area contributed by atoms with Crippen LogP contribution in [0.3, 0.4) is 0 Å². The highest BCUT2D eigenvalue weighted by molar-refractivity contribution is 5.83. The Kier molecular flexibility index (Phi) is 4.47. The van der Waals surface area contributed by atoms with Crippen LogP contribution in [-0.2, 0) is 0 Å². The Hall–Kier alpha value is -4.72. The van der Waals surface area contributed by atoms with Gasteiger partial charge in [0.15, 0.2) is 12.2 Å². The molecule has 6 rings (SSSR count). The predicted molar refractivity (Wildman–Crippen MR) is 122 cm³/mol. The van der Waals surface area contributed by atoms with Crippen LogP contribution >= 0.6 is 0 Å². The fourth-order valence-electron chi connectivity index (χ4n) is 3.63. The molecule has 8 heteroatoms. The molecule has 0 aliphatic heterocycles. The van der Waals surface area contributed by atoms with Crippen LogP contribution in [-0.4, -0.2) is 32.2 Å². The van der Waals surface area contributed by atoms with Crippen LogP contribution in [0, 0.1) is 0 Å².